The van der Waals surface area contributed by atoms with E-state index in [1.807, 2.05) is 0 Å². The highest BCUT2D eigenvalue weighted by atomic mass is 16.5. The molecular weight excluding hydrogens is 260 g/mol. The van der Waals surface area contributed by atoms with Crippen molar-refractivity contribution >= 4 is 11.8 Å². The molecule has 0 unspecified atom stereocenters. The summed E-state index contributed by atoms with van der Waals surface area (Å²) in [4.78, 5) is 30.3. The molecule has 0 fully saturated rings. The third-order valence-electron chi connectivity index (χ3n) is 2.43. The monoisotopic (exact) mass is 274 g/mol. The van der Waals surface area contributed by atoms with Gasteiger partial charge in [-0.25, -0.2) is 4.98 Å². The Balaban J connectivity index is 2.00. The number of rotatable bonds is 4. The molecule has 2 heterocycles. The summed E-state index contributed by atoms with van der Waals surface area (Å²) in [6, 6.07) is 6.46. The first-order valence-electron chi connectivity index (χ1n) is 6.04. The van der Waals surface area contributed by atoms with Gasteiger partial charge in [-0.1, -0.05) is 0 Å². The first-order chi connectivity index (χ1) is 9.72. The third kappa shape index (κ3) is 3.14. The quantitative estimate of drug-likeness (QED) is 0.721. The second-order valence-corrected chi connectivity index (χ2v) is 3.78. The van der Waals surface area contributed by atoms with Gasteiger partial charge in [0.1, 0.15) is 11.3 Å². The van der Waals surface area contributed by atoms with Crippen LogP contribution in [0, 0.1) is 0 Å². The van der Waals surface area contributed by atoms with Crippen LogP contribution in [0.2, 0.25) is 0 Å². The van der Waals surface area contributed by atoms with Crippen molar-refractivity contribution in [3.8, 4) is 5.88 Å². The van der Waals surface area contributed by atoms with Gasteiger partial charge in [0.2, 0.25) is 5.88 Å². The van der Waals surface area contributed by atoms with Crippen molar-refractivity contribution in [3.05, 3.63) is 47.9 Å². The highest BCUT2D eigenvalue weighted by Crippen LogP contribution is 2.13. The predicted octanol–water partition coefficient (Wildman–Crippen LogP) is 0.883. The molecular formula is C13H14N4O3. The highest BCUT2D eigenvalue weighted by Gasteiger charge is 2.14. The maximum atomic E-state index is 12.0. The first-order valence-corrected chi connectivity index (χ1v) is 6.04. The zero-order valence-electron chi connectivity index (χ0n) is 10.8. The summed E-state index contributed by atoms with van der Waals surface area (Å²) in [5.74, 6) is -0.715. The summed E-state index contributed by atoms with van der Waals surface area (Å²) >= 11 is 0. The summed E-state index contributed by atoms with van der Waals surface area (Å²) in [6.07, 6.45) is 3.14. The lowest BCUT2D eigenvalue weighted by molar-refractivity contribution is 0.0841. The number of carbonyl (C=O) groups excluding carboxylic acids is 2. The van der Waals surface area contributed by atoms with Gasteiger partial charge in [-0.15, -0.1) is 0 Å². The van der Waals surface area contributed by atoms with Gasteiger partial charge < -0.3 is 9.72 Å². The van der Waals surface area contributed by atoms with Crippen molar-refractivity contribution in [1.29, 1.82) is 0 Å². The van der Waals surface area contributed by atoms with Gasteiger partial charge in [-0.2, -0.15) is 0 Å². The fourth-order valence-corrected chi connectivity index (χ4v) is 1.54. The van der Waals surface area contributed by atoms with Gasteiger partial charge in [0.15, 0.2) is 0 Å². The number of aromatic nitrogens is 2. The van der Waals surface area contributed by atoms with E-state index in [-0.39, 0.29) is 11.4 Å². The average molecular weight is 274 g/mol. The number of hydrogen-bond donors (Lipinski definition) is 3. The largest absolute Gasteiger partial charge is 0.477 e. The standard InChI is InChI=1S/C13H14N4O3/c1-2-20-13-9(5-3-8-15-13)11(18)16-17-12(19)10-6-4-7-14-10/h3-8,14H,2H2,1H3,(H,16,18)(H,17,19). The average Bonchev–Trinajstić information content (AvgIpc) is 2.99. The molecule has 0 atom stereocenters. The number of hydrogen-bond acceptors (Lipinski definition) is 4. The van der Waals surface area contributed by atoms with Crippen LogP contribution in [0.15, 0.2) is 36.7 Å². The smallest absolute Gasteiger partial charge is 0.286 e. The molecule has 3 N–H and O–H groups in total. The molecule has 0 saturated heterocycles. The number of carbonyl (C=O) groups is 2. The molecule has 7 nitrogen and oxygen atoms in total. The second kappa shape index (κ2) is 6.37. The van der Waals surface area contributed by atoms with E-state index >= 15 is 0 Å². The predicted molar refractivity (Wildman–Crippen MR) is 71.1 cm³/mol. The third-order valence-corrected chi connectivity index (χ3v) is 2.43. The molecule has 0 aliphatic rings. The molecule has 7 heteroatoms. The lowest BCUT2D eigenvalue weighted by atomic mass is 10.2. The van der Waals surface area contributed by atoms with Crippen molar-refractivity contribution in [2.75, 3.05) is 6.61 Å². The van der Waals surface area contributed by atoms with Crippen LogP contribution in [-0.2, 0) is 0 Å². The van der Waals surface area contributed by atoms with E-state index < -0.39 is 11.8 Å². The molecule has 2 rings (SSSR count). The van der Waals surface area contributed by atoms with Crippen molar-refractivity contribution < 1.29 is 14.3 Å². The molecule has 0 aliphatic carbocycles. The maximum Gasteiger partial charge on any atom is 0.286 e. The van der Waals surface area contributed by atoms with Crippen LogP contribution >= 0.6 is 0 Å². The summed E-state index contributed by atoms with van der Waals surface area (Å²) in [7, 11) is 0. The van der Waals surface area contributed by atoms with Crippen LogP contribution in [-0.4, -0.2) is 28.4 Å². The Morgan fingerprint density at radius 3 is 2.75 bits per heavy atom. The Bertz CT molecular complexity index is 595. The Hall–Kier alpha value is -2.83. The van der Waals surface area contributed by atoms with Gasteiger partial charge in [0.25, 0.3) is 11.8 Å². The van der Waals surface area contributed by atoms with Crippen LogP contribution in [0.1, 0.15) is 27.8 Å². The first kappa shape index (κ1) is 13.6. The molecule has 0 aliphatic heterocycles. The molecule has 20 heavy (non-hydrogen) atoms. The minimum absolute atomic E-state index is 0.224. The molecule has 2 amide bonds. The zero-order chi connectivity index (χ0) is 14.4. The molecule has 0 aromatic carbocycles. The Morgan fingerprint density at radius 2 is 2.05 bits per heavy atom. The van der Waals surface area contributed by atoms with Gasteiger partial charge >= 0.3 is 0 Å². The van der Waals surface area contributed by atoms with E-state index in [0.717, 1.165) is 0 Å². The SMILES string of the molecule is CCOc1ncccc1C(=O)NNC(=O)c1ccc[nH]1. The zero-order valence-corrected chi connectivity index (χ0v) is 10.8. The van der Waals surface area contributed by atoms with Crippen LogP contribution < -0.4 is 15.6 Å². The Kier molecular flexibility index (Phi) is 4.33. The Labute approximate surface area is 115 Å². The van der Waals surface area contributed by atoms with E-state index in [9.17, 15) is 9.59 Å². The maximum absolute atomic E-state index is 12.0. The molecule has 104 valence electrons. The van der Waals surface area contributed by atoms with Crippen molar-refractivity contribution in [2.24, 2.45) is 0 Å². The van der Waals surface area contributed by atoms with Crippen molar-refractivity contribution in [1.82, 2.24) is 20.8 Å². The number of ether oxygens (including phenoxy) is 1. The highest BCUT2D eigenvalue weighted by molar-refractivity contribution is 5.99. The Morgan fingerprint density at radius 1 is 1.25 bits per heavy atom. The fourth-order valence-electron chi connectivity index (χ4n) is 1.54. The van der Waals surface area contributed by atoms with Crippen molar-refractivity contribution in [2.45, 2.75) is 6.92 Å². The summed E-state index contributed by atoms with van der Waals surface area (Å²) < 4.78 is 5.25. The van der Waals surface area contributed by atoms with E-state index in [4.69, 9.17) is 4.74 Å². The van der Waals surface area contributed by atoms with Crippen LogP contribution in [0.3, 0.4) is 0 Å². The van der Waals surface area contributed by atoms with Crippen LogP contribution in [0.4, 0.5) is 0 Å². The van der Waals surface area contributed by atoms with E-state index in [1.165, 1.54) is 6.20 Å². The topological polar surface area (TPSA) is 96.1 Å². The van der Waals surface area contributed by atoms with Gasteiger partial charge in [-0.3, -0.25) is 20.4 Å². The minimum Gasteiger partial charge on any atom is -0.477 e. The number of nitrogens with zero attached hydrogens (tertiary/aromatic N) is 1. The van der Waals surface area contributed by atoms with E-state index in [0.29, 0.717) is 12.3 Å². The molecule has 0 bridgehead atoms. The van der Waals surface area contributed by atoms with Crippen LogP contribution in [0.25, 0.3) is 0 Å². The summed E-state index contributed by atoms with van der Waals surface area (Å²) in [5.41, 5.74) is 5.21. The minimum atomic E-state index is -0.499. The fraction of sp³-hybridized carbons (Fsp3) is 0.154. The molecule has 2 aromatic rings. The van der Waals surface area contributed by atoms with Gasteiger partial charge in [-0.05, 0) is 31.2 Å². The molecule has 0 saturated carbocycles. The normalized spacial score (nSPS) is 9.85. The molecule has 0 spiro atoms. The second-order valence-electron chi connectivity index (χ2n) is 3.78. The number of pyridine rings is 1. The van der Waals surface area contributed by atoms with E-state index in [2.05, 4.69) is 20.8 Å². The number of hydrazine groups is 1. The van der Waals surface area contributed by atoms with Gasteiger partial charge in [0, 0.05) is 12.4 Å². The lowest BCUT2D eigenvalue weighted by Crippen LogP contribution is -2.41. The lowest BCUT2D eigenvalue weighted by Gasteiger charge is -2.09. The molecule has 2 aromatic heterocycles. The molecule has 0 radical (unpaired) electrons. The number of nitrogens with one attached hydrogen (secondary N) is 3. The van der Waals surface area contributed by atoms with Crippen LogP contribution in [0.5, 0.6) is 5.88 Å². The van der Waals surface area contributed by atoms with E-state index in [1.54, 1.807) is 37.4 Å². The summed E-state index contributed by atoms with van der Waals surface area (Å²) in [6.45, 7) is 2.19. The number of H-pyrrole nitrogens is 1. The van der Waals surface area contributed by atoms with Gasteiger partial charge in [0.05, 0.1) is 6.61 Å². The summed E-state index contributed by atoms with van der Waals surface area (Å²) in [5, 5.41) is 0. The number of amides is 2. The van der Waals surface area contributed by atoms with Crippen molar-refractivity contribution in [3.63, 3.8) is 0 Å². The number of aromatic amines is 1.